The molecule has 0 bridgehead atoms. The quantitative estimate of drug-likeness (QED) is 0.633. The van der Waals surface area contributed by atoms with Crippen LogP contribution in [0.15, 0.2) is 24.3 Å². The van der Waals surface area contributed by atoms with Crippen molar-refractivity contribution in [3.63, 3.8) is 0 Å². The van der Waals surface area contributed by atoms with Crippen LogP contribution in [-0.4, -0.2) is 88.5 Å². The minimum atomic E-state index is -0.335. The van der Waals surface area contributed by atoms with Gasteiger partial charge in [-0.1, -0.05) is 23.7 Å². The zero-order chi connectivity index (χ0) is 26.2. The summed E-state index contributed by atoms with van der Waals surface area (Å²) in [7, 11) is 3.52. The summed E-state index contributed by atoms with van der Waals surface area (Å²) in [6.45, 7) is 11.1. The van der Waals surface area contributed by atoms with E-state index in [1.807, 2.05) is 47.9 Å². The number of carbonyl (C=O) groups excluding carboxylic acids is 2. The second-order valence-corrected chi connectivity index (χ2v) is 11.1. The predicted octanol–water partition coefficient (Wildman–Crippen LogP) is 3.73. The zero-order valence-electron chi connectivity index (χ0n) is 22.0. The van der Waals surface area contributed by atoms with Crippen LogP contribution in [0.4, 0.5) is 16.6 Å². The number of nitrogens with zero attached hydrogens (tertiary/aromatic N) is 6. The minimum Gasteiger partial charge on any atom is -0.364 e. The number of rotatable bonds is 6. The van der Waals surface area contributed by atoms with E-state index in [9.17, 15) is 9.59 Å². The molecule has 1 N–H and O–H groups in total. The molecule has 3 heterocycles. The Labute approximate surface area is 218 Å². The average Bonchev–Trinajstić information content (AvgIpc) is 3.17. The maximum absolute atomic E-state index is 13.2. The molecule has 1 aromatic heterocycles. The highest BCUT2D eigenvalue weighted by Crippen LogP contribution is 2.32. The standard InChI is InChI=1S/C26H36ClN7O2/c1-17(2)34-16-20-21(23(34)35)28-24(32-11-13-33(14-12-32)25(36)31(5)6)29-22(20)30-26(3,4)15-18-7-9-19(27)10-8-18/h7-10,17H,11-16H2,1-6H3,(H,28,29,30). The lowest BCUT2D eigenvalue weighted by Gasteiger charge is -2.36. The van der Waals surface area contributed by atoms with E-state index in [4.69, 9.17) is 21.6 Å². The van der Waals surface area contributed by atoms with Gasteiger partial charge in [0.2, 0.25) is 5.95 Å². The van der Waals surface area contributed by atoms with Crippen LogP contribution in [0.2, 0.25) is 5.02 Å². The van der Waals surface area contributed by atoms with Crippen molar-refractivity contribution in [3.8, 4) is 0 Å². The number of carbonyl (C=O) groups is 2. The molecule has 4 rings (SSSR count). The van der Waals surface area contributed by atoms with Gasteiger partial charge in [0.25, 0.3) is 5.91 Å². The Morgan fingerprint density at radius 2 is 1.75 bits per heavy atom. The molecule has 0 aliphatic carbocycles. The zero-order valence-corrected chi connectivity index (χ0v) is 22.8. The Hall–Kier alpha value is -3.07. The van der Waals surface area contributed by atoms with Gasteiger partial charge in [-0.3, -0.25) is 4.79 Å². The van der Waals surface area contributed by atoms with E-state index in [1.165, 1.54) is 0 Å². The molecule has 0 spiro atoms. The highest BCUT2D eigenvalue weighted by Gasteiger charge is 2.36. The van der Waals surface area contributed by atoms with E-state index in [2.05, 4.69) is 24.1 Å². The second-order valence-electron chi connectivity index (χ2n) is 10.7. The molecular formula is C26H36ClN7O2. The first-order valence-corrected chi connectivity index (χ1v) is 12.8. The van der Waals surface area contributed by atoms with Gasteiger partial charge < -0.3 is 24.9 Å². The third kappa shape index (κ3) is 5.51. The molecule has 2 aliphatic heterocycles. The number of anilines is 2. The molecule has 1 fully saturated rings. The first-order chi connectivity index (χ1) is 16.9. The Bertz CT molecular complexity index is 1130. The van der Waals surface area contributed by atoms with Crippen molar-refractivity contribution >= 4 is 35.3 Å². The summed E-state index contributed by atoms with van der Waals surface area (Å²) in [4.78, 5) is 42.6. The predicted molar refractivity (Wildman–Crippen MR) is 143 cm³/mol. The molecule has 2 aromatic rings. The van der Waals surface area contributed by atoms with Gasteiger partial charge in [-0.05, 0) is 51.8 Å². The molecule has 1 aromatic carbocycles. The Kier molecular flexibility index (Phi) is 7.31. The fraction of sp³-hybridized carbons (Fsp3) is 0.538. The van der Waals surface area contributed by atoms with Gasteiger partial charge in [-0.25, -0.2) is 9.78 Å². The monoisotopic (exact) mass is 513 g/mol. The van der Waals surface area contributed by atoms with Gasteiger partial charge in [0.15, 0.2) is 0 Å². The number of fused-ring (bicyclic) bond motifs is 1. The van der Waals surface area contributed by atoms with Crippen molar-refractivity contribution in [1.82, 2.24) is 24.7 Å². The van der Waals surface area contributed by atoms with E-state index < -0.39 is 0 Å². The van der Waals surface area contributed by atoms with Crippen molar-refractivity contribution < 1.29 is 9.59 Å². The minimum absolute atomic E-state index is 0.00132. The lowest BCUT2D eigenvalue weighted by molar-refractivity contribution is 0.0726. The summed E-state index contributed by atoms with van der Waals surface area (Å²) in [5.41, 5.74) is 2.12. The van der Waals surface area contributed by atoms with Crippen molar-refractivity contribution in [2.75, 3.05) is 50.5 Å². The number of urea groups is 1. The van der Waals surface area contributed by atoms with E-state index >= 15 is 0 Å². The number of aromatic nitrogens is 2. The van der Waals surface area contributed by atoms with Gasteiger partial charge in [0.05, 0.1) is 6.54 Å². The van der Waals surface area contributed by atoms with E-state index in [0.717, 1.165) is 17.5 Å². The van der Waals surface area contributed by atoms with Gasteiger partial charge in [-0.15, -0.1) is 0 Å². The maximum Gasteiger partial charge on any atom is 0.319 e. The van der Waals surface area contributed by atoms with Crippen LogP contribution in [-0.2, 0) is 13.0 Å². The van der Waals surface area contributed by atoms with E-state index in [0.29, 0.717) is 55.2 Å². The number of nitrogens with one attached hydrogen (secondary N) is 1. The van der Waals surface area contributed by atoms with Crippen LogP contribution in [0.5, 0.6) is 0 Å². The van der Waals surface area contributed by atoms with E-state index in [1.54, 1.807) is 19.0 Å². The van der Waals surface area contributed by atoms with Crippen LogP contribution >= 0.6 is 11.6 Å². The lowest BCUT2D eigenvalue weighted by Crippen LogP contribution is -2.52. The SMILES string of the molecule is CC(C)N1Cc2c(NC(C)(C)Cc3ccc(Cl)cc3)nc(N3CCN(C(=O)N(C)C)CC3)nc2C1=O. The Morgan fingerprint density at radius 1 is 1.11 bits per heavy atom. The second kappa shape index (κ2) is 10.1. The first kappa shape index (κ1) is 26.0. The summed E-state index contributed by atoms with van der Waals surface area (Å²) in [5, 5.41) is 4.33. The molecule has 0 unspecified atom stereocenters. The molecule has 2 aliphatic rings. The summed E-state index contributed by atoms with van der Waals surface area (Å²) < 4.78 is 0. The third-order valence-corrected chi connectivity index (χ3v) is 6.89. The van der Waals surface area contributed by atoms with Crippen molar-refractivity contribution in [2.24, 2.45) is 0 Å². The van der Waals surface area contributed by atoms with Gasteiger partial charge in [-0.2, -0.15) is 4.98 Å². The molecule has 0 atom stereocenters. The number of halogens is 1. The number of benzene rings is 1. The smallest absolute Gasteiger partial charge is 0.319 e. The molecule has 0 radical (unpaired) electrons. The van der Waals surface area contributed by atoms with Crippen LogP contribution in [0.25, 0.3) is 0 Å². The van der Waals surface area contributed by atoms with Crippen LogP contribution in [0, 0.1) is 0 Å². The molecule has 3 amide bonds. The molecular weight excluding hydrogens is 478 g/mol. The lowest BCUT2D eigenvalue weighted by atomic mass is 9.94. The van der Waals surface area contributed by atoms with Crippen LogP contribution in [0.1, 0.15) is 49.3 Å². The normalized spacial score (nSPS) is 16.0. The first-order valence-electron chi connectivity index (χ1n) is 12.4. The fourth-order valence-electron chi connectivity index (χ4n) is 4.70. The van der Waals surface area contributed by atoms with Gasteiger partial charge in [0.1, 0.15) is 11.5 Å². The summed E-state index contributed by atoms with van der Waals surface area (Å²) in [5.74, 6) is 1.15. The van der Waals surface area contributed by atoms with Crippen LogP contribution in [0.3, 0.4) is 0 Å². The number of amides is 3. The molecule has 9 nitrogen and oxygen atoms in total. The van der Waals surface area contributed by atoms with Gasteiger partial charge >= 0.3 is 6.03 Å². The highest BCUT2D eigenvalue weighted by atomic mass is 35.5. The average molecular weight is 514 g/mol. The molecule has 36 heavy (non-hydrogen) atoms. The third-order valence-electron chi connectivity index (χ3n) is 6.64. The fourth-order valence-corrected chi connectivity index (χ4v) is 4.82. The topological polar surface area (TPSA) is 84.9 Å². The largest absolute Gasteiger partial charge is 0.364 e. The highest BCUT2D eigenvalue weighted by molar-refractivity contribution is 6.30. The number of hydrogen-bond donors (Lipinski definition) is 1. The number of hydrogen-bond acceptors (Lipinski definition) is 6. The summed E-state index contributed by atoms with van der Waals surface area (Å²) in [6, 6.07) is 7.91. The summed E-state index contributed by atoms with van der Waals surface area (Å²) in [6.07, 6.45) is 0.755. The maximum atomic E-state index is 13.2. The summed E-state index contributed by atoms with van der Waals surface area (Å²) >= 11 is 6.06. The van der Waals surface area contributed by atoms with Crippen molar-refractivity contribution in [1.29, 1.82) is 0 Å². The van der Waals surface area contributed by atoms with Crippen LogP contribution < -0.4 is 10.2 Å². The molecule has 0 saturated carbocycles. The molecule has 194 valence electrons. The van der Waals surface area contributed by atoms with Crippen molar-refractivity contribution in [2.45, 2.75) is 52.2 Å². The molecule has 10 heteroatoms. The number of piperazine rings is 1. The molecule has 1 saturated heterocycles. The Morgan fingerprint density at radius 3 is 2.33 bits per heavy atom. The van der Waals surface area contributed by atoms with Crippen molar-refractivity contribution in [3.05, 3.63) is 46.1 Å². The van der Waals surface area contributed by atoms with E-state index in [-0.39, 0.29) is 23.5 Å². The Balaban J connectivity index is 1.61. The van der Waals surface area contributed by atoms with Gasteiger partial charge in [0, 0.05) is 62.4 Å².